The van der Waals surface area contributed by atoms with Crippen molar-refractivity contribution in [1.29, 1.82) is 0 Å². The van der Waals surface area contributed by atoms with Crippen molar-refractivity contribution in [3.8, 4) is 0 Å². The second-order valence-electron chi connectivity index (χ2n) is 3.90. The van der Waals surface area contributed by atoms with E-state index < -0.39 is 24.8 Å². The number of carbonyl (C=O) groups is 2. The molecule has 0 aromatic carbocycles. The molecule has 8 nitrogen and oxygen atoms in total. The lowest BCUT2D eigenvalue weighted by Gasteiger charge is -2.10. The van der Waals surface area contributed by atoms with Gasteiger partial charge in [0.1, 0.15) is 11.9 Å². The molecular formula is C11H21N3O5. The Morgan fingerprint density at radius 3 is 2.58 bits per heavy atom. The van der Waals surface area contributed by atoms with Gasteiger partial charge in [-0.05, 0) is 26.2 Å². The summed E-state index contributed by atoms with van der Waals surface area (Å²) in [5.74, 6) is -0.685. The smallest absolute Gasteiger partial charge is 0.325 e. The number of esters is 2. The quantitative estimate of drug-likeness (QED) is 0.142. The first kappa shape index (κ1) is 17.3. The van der Waals surface area contributed by atoms with Crippen molar-refractivity contribution in [3.05, 3.63) is 0 Å². The van der Waals surface area contributed by atoms with Crippen LogP contribution in [0.5, 0.6) is 0 Å². The Bertz CT molecular complexity index is 319. The predicted octanol–water partition coefficient (Wildman–Crippen LogP) is -0.0550. The third-order valence-corrected chi connectivity index (χ3v) is 2.20. The predicted molar refractivity (Wildman–Crippen MR) is 67.4 cm³/mol. The summed E-state index contributed by atoms with van der Waals surface area (Å²) in [5.41, 5.74) is 7.52. The van der Waals surface area contributed by atoms with E-state index in [1.165, 1.54) is 6.92 Å². The number of nitrogens with two attached hydrogens (primary N) is 1. The summed E-state index contributed by atoms with van der Waals surface area (Å²) in [6, 6.07) is -0.739. The molecule has 0 aliphatic carbocycles. The van der Waals surface area contributed by atoms with Crippen LogP contribution in [0, 0.1) is 0 Å². The Morgan fingerprint density at radius 2 is 2.00 bits per heavy atom. The average Bonchev–Trinajstić information content (AvgIpc) is 2.37. The van der Waals surface area contributed by atoms with Crippen LogP contribution in [0.4, 0.5) is 0 Å². The minimum absolute atomic E-state index is 0.409. The van der Waals surface area contributed by atoms with Gasteiger partial charge in [-0.2, -0.15) is 0 Å². The van der Waals surface area contributed by atoms with E-state index in [0.29, 0.717) is 25.2 Å². The highest BCUT2D eigenvalue weighted by Gasteiger charge is 2.14. The van der Waals surface area contributed by atoms with E-state index in [0.717, 1.165) is 6.42 Å². The molecule has 19 heavy (non-hydrogen) atoms. The molecule has 0 bridgehead atoms. The molecule has 0 aromatic heterocycles. The van der Waals surface area contributed by atoms with Gasteiger partial charge in [-0.15, -0.1) is 0 Å². The summed E-state index contributed by atoms with van der Waals surface area (Å²) in [7, 11) is 0. The second kappa shape index (κ2) is 10.3. The molecule has 8 heteroatoms. The molecule has 0 fully saturated rings. The number of amidine groups is 1. The molecule has 0 spiro atoms. The number of nitrogens with zero attached hydrogens (tertiary/aromatic N) is 1. The summed E-state index contributed by atoms with van der Waals surface area (Å²) in [4.78, 5) is 25.8. The lowest BCUT2D eigenvalue weighted by Crippen LogP contribution is -2.33. The Morgan fingerprint density at radius 1 is 1.32 bits per heavy atom. The number of aliphatic imine (C=N–C) groups is 1. The molecule has 110 valence electrons. The van der Waals surface area contributed by atoms with Crippen molar-refractivity contribution in [3.63, 3.8) is 0 Å². The molecule has 0 saturated heterocycles. The molecule has 0 rings (SSSR count). The second-order valence-corrected chi connectivity index (χ2v) is 3.90. The zero-order chi connectivity index (χ0) is 14.7. The van der Waals surface area contributed by atoms with Gasteiger partial charge < -0.3 is 15.2 Å². The Labute approximate surface area is 111 Å². The normalized spacial score (nSPS) is 12.7. The Hall–Kier alpha value is -1.67. The minimum atomic E-state index is -0.739. The molecular weight excluding hydrogens is 254 g/mol. The van der Waals surface area contributed by atoms with Crippen LogP contribution >= 0.6 is 0 Å². The maximum Gasteiger partial charge on any atom is 0.325 e. The van der Waals surface area contributed by atoms with E-state index in [2.05, 4.69) is 14.5 Å². The highest BCUT2D eigenvalue weighted by atomic mass is 16.7. The number of ether oxygens (including phenoxy) is 2. The van der Waals surface area contributed by atoms with Gasteiger partial charge in [0.2, 0.25) is 6.79 Å². The van der Waals surface area contributed by atoms with Crippen LogP contribution in [0.3, 0.4) is 0 Å². The SMILES string of the molecule is CC(=O)OCOC(=O)[C@@H](N)CCCCN=C(C)NO. The number of rotatable bonds is 8. The van der Waals surface area contributed by atoms with Gasteiger partial charge in [0.15, 0.2) is 0 Å². The van der Waals surface area contributed by atoms with Crippen LogP contribution in [-0.2, 0) is 19.1 Å². The third kappa shape index (κ3) is 9.98. The fourth-order valence-electron chi connectivity index (χ4n) is 1.15. The summed E-state index contributed by atoms with van der Waals surface area (Å²) in [6.07, 6.45) is 1.90. The van der Waals surface area contributed by atoms with Crippen molar-refractivity contribution >= 4 is 17.8 Å². The number of unbranched alkanes of at least 4 members (excludes halogenated alkanes) is 1. The maximum atomic E-state index is 11.3. The lowest BCUT2D eigenvalue weighted by atomic mass is 10.1. The van der Waals surface area contributed by atoms with Gasteiger partial charge in [-0.3, -0.25) is 25.3 Å². The minimum Gasteiger partial charge on any atom is -0.428 e. The molecule has 0 amide bonds. The van der Waals surface area contributed by atoms with Crippen molar-refractivity contribution in [2.75, 3.05) is 13.3 Å². The molecule has 0 aliphatic rings. The van der Waals surface area contributed by atoms with E-state index in [1.807, 2.05) is 5.48 Å². The maximum absolute atomic E-state index is 11.3. The summed E-state index contributed by atoms with van der Waals surface area (Å²) in [5, 5.41) is 8.48. The first-order valence-electron chi connectivity index (χ1n) is 5.94. The van der Waals surface area contributed by atoms with Gasteiger partial charge >= 0.3 is 11.9 Å². The average molecular weight is 275 g/mol. The van der Waals surface area contributed by atoms with E-state index in [4.69, 9.17) is 10.9 Å². The van der Waals surface area contributed by atoms with E-state index >= 15 is 0 Å². The zero-order valence-corrected chi connectivity index (χ0v) is 11.2. The Balaban J connectivity index is 3.65. The van der Waals surface area contributed by atoms with Crippen LogP contribution in [0.15, 0.2) is 4.99 Å². The van der Waals surface area contributed by atoms with Crippen LogP contribution < -0.4 is 11.2 Å². The largest absolute Gasteiger partial charge is 0.428 e. The molecule has 0 unspecified atom stereocenters. The molecule has 0 radical (unpaired) electrons. The van der Waals surface area contributed by atoms with E-state index in [9.17, 15) is 9.59 Å². The topological polar surface area (TPSA) is 123 Å². The third-order valence-electron chi connectivity index (χ3n) is 2.20. The van der Waals surface area contributed by atoms with Crippen molar-refractivity contribution in [1.82, 2.24) is 5.48 Å². The molecule has 0 aliphatic heterocycles. The van der Waals surface area contributed by atoms with Gasteiger partial charge in [0.25, 0.3) is 0 Å². The number of hydroxylamine groups is 1. The van der Waals surface area contributed by atoms with Gasteiger partial charge in [-0.25, -0.2) is 0 Å². The summed E-state index contributed by atoms with van der Waals surface area (Å²) < 4.78 is 9.11. The highest BCUT2D eigenvalue weighted by Crippen LogP contribution is 2.01. The monoisotopic (exact) mass is 275 g/mol. The van der Waals surface area contributed by atoms with Crippen LogP contribution in [0.2, 0.25) is 0 Å². The Kier molecular flexibility index (Phi) is 9.37. The highest BCUT2D eigenvalue weighted by molar-refractivity contribution is 5.78. The van der Waals surface area contributed by atoms with E-state index in [1.54, 1.807) is 6.92 Å². The van der Waals surface area contributed by atoms with E-state index in [-0.39, 0.29) is 0 Å². The molecule has 0 saturated carbocycles. The fourth-order valence-corrected chi connectivity index (χ4v) is 1.15. The van der Waals surface area contributed by atoms with Gasteiger partial charge in [-0.1, -0.05) is 0 Å². The molecule has 0 heterocycles. The molecule has 1 atom stereocenters. The first-order valence-corrected chi connectivity index (χ1v) is 5.94. The molecule has 0 aromatic rings. The summed E-state index contributed by atoms with van der Waals surface area (Å²) in [6.45, 7) is 2.98. The fraction of sp³-hybridized carbons (Fsp3) is 0.727. The number of hydrogen-bond acceptors (Lipinski definition) is 7. The number of hydrogen-bond donors (Lipinski definition) is 3. The lowest BCUT2D eigenvalue weighted by molar-refractivity contribution is -0.166. The van der Waals surface area contributed by atoms with Crippen LogP contribution in [0.1, 0.15) is 33.1 Å². The van der Waals surface area contributed by atoms with Crippen molar-refractivity contribution < 1.29 is 24.3 Å². The first-order chi connectivity index (χ1) is 8.97. The van der Waals surface area contributed by atoms with Crippen molar-refractivity contribution in [2.24, 2.45) is 10.7 Å². The number of carbonyl (C=O) groups excluding carboxylic acids is 2. The zero-order valence-electron chi connectivity index (χ0n) is 11.2. The van der Waals surface area contributed by atoms with Crippen LogP contribution in [-0.4, -0.2) is 42.4 Å². The van der Waals surface area contributed by atoms with Gasteiger partial charge in [0, 0.05) is 13.5 Å². The molecule has 4 N–H and O–H groups in total. The summed E-state index contributed by atoms with van der Waals surface area (Å²) >= 11 is 0. The van der Waals surface area contributed by atoms with Gasteiger partial charge in [0.05, 0.1) is 0 Å². The van der Waals surface area contributed by atoms with Crippen molar-refractivity contribution in [2.45, 2.75) is 39.2 Å². The standard InChI is InChI=1S/C11H21N3O5/c1-8(14-17)13-6-4-3-5-10(12)11(16)19-7-18-9(2)15/h10,17H,3-7,12H2,1-2H3,(H,13,14)/t10-/m0/s1. The van der Waals surface area contributed by atoms with Crippen LogP contribution in [0.25, 0.3) is 0 Å². The number of nitrogens with one attached hydrogen (secondary N) is 1.